The van der Waals surface area contributed by atoms with E-state index < -0.39 is 17.4 Å². The minimum Gasteiger partial charge on any atom is -0.460 e. The third kappa shape index (κ3) is 3.81. The van der Waals surface area contributed by atoms with Gasteiger partial charge in [0.05, 0.1) is 28.2 Å². The van der Waals surface area contributed by atoms with Crippen LogP contribution in [0.4, 0.5) is 0 Å². The number of fused-ring (bicyclic) bond motifs is 1. The maximum absolute atomic E-state index is 13.4. The predicted molar refractivity (Wildman–Crippen MR) is 144 cm³/mol. The molecule has 0 spiro atoms. The number of nitrogens with one attached hydrogen (secondary N) is 1. The van der Waals surface area contributed by atoms with Crippen LogP contribution in [-0.2, 0) is 0 Å². The molecule has 2 aromatic carbocycles. The number of hydrogen-bond donors (Lipinski definition) is 1. The summed E-state index contributed by atoms with van der Waals surface area (Å²) in [5.41, 5.74) is 1.51. The minimum absolute atomic E-state index is 0.186. The van der Waals surface area contributed by atoms with Crippen molar-refractivity contribution >= 4 is 28.8 Å². The monoisotopic (exact) mass is 514 g/mol. The summed E-state index contributed by atoms with van der Waals surface area (Å²) in [7, 11) is 0. The fourth-order valence-electron chi connectivity index (χ4n) is 4.63. The fraction of sp³-hybridized carbons (Fsp3) is 0.0667. The van der Waals surface area contributed by atoms with Gasteiger partial charge in [-0.15, -0.1) is 11.3 Å². The van der Waals surface area contributed by atoms with E-state index in [1.165, 1.54) is 0 Å². The molecule has 38 heavy (non-hydrogen) atoms. The number of rotatable bonds is 4. The van der Waals surface area contributed by atoms with Crippen LogP contribution < -0.4 is 14.8 Å². The lowest BCUT2D eigenvalue weighted by atomic mass is 9.83. The SMILES string of the molecule is N#CC1=c2s/c(=C\c3ccc(-c4ccccc4)o3)c(=O)n2C(=N)C(C#N)C1c1ccc(-c2ccccc2)o1. The summed E-state index contributed by atoms with van der Waals surface area (Å²) in [6, 6.07) is 30.5. The molecule has 5 aromatic rings. The molecule has 7 nitrogen and oxygen atoms in total. The molecule has 0 saturated carbocycles. The van der Waals surface area contributed by atoms with E-state index in [4.69, 9.17) is 14.2 Å². The normalized spacial score (nSPS) is 17.2. The van der Waals surface area contributed by atoms with E-state index in [1.807, 2.05) is 66.7 Å². The van der Waals surface area contributed by atoms with Gasteiger partial charge >= 0.3 is 0 Å². The van der Waals surface area contributed by atoms with Gasteiger partial charge < -0.3 is 8.83 Å². The fourth-order valence-corrected chi connectivity index (χ4v) is 5.75. The first-order valence-electron chi connectivity index (χ1n) is 11.8. The molecular formula is C30H18N4O3S. The van der Waals surface area contributed by atoms with Gasteiger partial charge in [0.25, 0.3) is 5.56 Å². The highest BCUT2D eigenvalue weighted by molar-refractivity contribution is 7.07. The molecule has 0 saturated heterocycles. The third-order valence-corrected chi connectivity index (χ3v) is 7.55. The number of aromatic nitrogens is 1. The molecule has 4 heterocycles. The van der Waals surface area contributed by atoms with Crippen LogP contribution >= 0.6 is 11.3 Å². The van der Waals surface area contributed by atoms with Crippen LogP contribution in [0.25, 0.3) is 34.3 Å². The van der Waals surface area contributed by atoms with E-state index in [1.54, 1.807) is 24.3 Å². The van der Waals surface area contributed by atoms with Crippen molar-refractivity contribution < 1.29 is 8.83 Å². The molecule has 1 aliphatic heterocycles. The summed E-state index contributed by atoms with van der Waals surface area (Å²) >= 11 is 1.10. The number of thiazole rings is 1. The lowest BCUT2D eigenvalue weighted by Crippen LogP contribution is -2.45. The first-order valence-corrected chi connectivity index (χ1v) is 12.6. The van der Waals surface area contributed by atoms with Crippen LogP contribution in [-0.4, -0.2) is 10.4 Å². The molecule has 1 aliphatic rings. The molecule has 0 bridgehead atoms. The molecule has 2 unspecified atom stereocenters. The first kappa shape index (κ1) is 23.2. The average molecular weight is 515 g/mol. The quantitative estimate of drug-likeness (QED) is 0.373. The van der Waals surface area contributed by atoms with Gasteiger partial charge in [-0.2, -0.15) is 10.5 Å². The zero-order valence-corrected chi connectivity index (χ0v) is 20.6. The van der Waals surface area contributed by atoms with Crippen LogP contribution in [0.15, 0.2) is 98.6 Å². The van der Waals surface area contributed by atoms with Crippen molar-refractivity contribution in [3.8, 4) is 34.8 Å². The first-order chi connectivity index (χ1) is 18.6. The minimum atomic E-state index is -1.07. The zero-order chi connectivity index (χ0) is 26.2. The van der Waals surface area contributed by atoms with Crippen LogP contribution in [0, 0.1) is 34.0 Å². The predicted octanol–water partition coefficient (Wildman–Crippen LogP) is 4.70. The standard InChI is InChI=1S/C30H18N4O3S/c31-16-21-27(25-14-13-24(37-25)19-9-5-2-6-10-19)22(17-32)30-34(28(21)33)29(35)26(38-30)15-20-11-12-23(36-20)18-7-3-1-4-8-18/h1-15,21,27,33H/b26-15-,33-28?. The molecule has 0 radical (unpaired) electrons. The molecule has 2 atom stereocenters. The number of benzene rings is 2. The Hall–Kier alpha value is -5.18. The Morgan fingerprint density at radius 2 is 1.50 bits per heavy atom. The van der Waals surface area contributed by atoms with Gasteiger partial charge in [0.2, 0.25) is 0 Å². The average Bonchev–Trinajstić information content (AvgIpc) is 3.70. The number of hydrogen-bond acceptors (Lipinski definition) is 7. The van der Waals surface area contributed by atoms with Crippen molar-refractivity contribution in [2.45, 2.75) is 5.92 Å². The lowest BCUT2D eigenvalue weighted by Gasteiger charge is -2.24. The van der Waals surface area contributed by atoms with Gasteiger partial charge in [0.1, 0.15) is 39.5 Å². The summed E-state index contributed by atoms with van der Waals surface area (Å²) < 4.78 is 13.8. The van der Waals surface area contributed by atoms with E-state index in [-0.39, 0.29) is 11.4 Å². The van der Waals surface area contributed by atoms with Gasteiger partial charge in [-0.3, -0.25) is 14.8 Å². The highest BCUT2D eigenvalue weighted by Crippen LogP contribution is 2.37. The van der Waals surface area contributed by atoms with E-state index in [9.17, 15) is 15.3 Å². The van der Waals surface area contributed by atoms with Crippen LogP contribution in [0.5, 0.6) is 0 Å². The molecule has 0 aliphatic carbocycles. The molecule has 0 amide bonds. The van der Waals surface area contributed by atoms with E-state index in [2.05, 4.69) is 12.1 Å². The van der Waals surface area contributed by atoms with E-state index in [0.29, 0.717) is 32.2 Å². The molecule has 1 N–H and O–H groups in total. The van der Waals surface area contributed by atoms with Gasteiger partial charge in [-0.25, -0.2) is 0 Å². The van der Waals surface area contributed by atoms with Crippen molar-refractivity contribution in [3.05, 3.63) is 116 Å². The Kier molecular flexibility index (Phi) is 5.72. The number of nitrogens with zero attached hydrogens (tertiary/aromatic N) is 3. The molecular weight excluding hydrogens is 496 g/mol. The summed E-state index contributed by atoms with van der Waals surface area (Å²) in [6.07, 6.45) is 1.60. The smallest absolute Gasteiger partial charge is 0.274 e. The summed E-state index contributed by atoms with van der Waals surface area (Å²) in [4.78, 5) is 13.4. The second-order valence-electron chi connectivity index (χ2n) is 8.69. The molecule has 182 valence electrons. The van der Waals surface area contributed by atoms with E-state index in [0.717, 1.165) is 27.0 Å². The molecule has 8 heteroatoms. The Morgan fingerprint density at radius 3 is 2.13 bits per heavy atom. The maximum Gasteiger partial charge on any atom is 0.274 e. The van der Waals surface area contributed by atoms with Crippen molar-refractivity contribution in [2.24, 2.45) is 5.92 Å². The summed E-state index contributed by atoms with van der Waals surface area (Å²) in [5, 5.41) is 28.9. The second kappa shape index (κ2) is 9.36. The highest BCUT2D eigenvalue weighted by Gasteiger charge is 2.40. The maximum atomic E-state index is 13.4. The highest BCUT2D eigenvalue weighted by atomic mass is 32.1. The summed E-state index contributed by atoms with van der Waals surface area (Å²) in [5.74, 6) is 0.0530. The van der Waals surface area contributed by atoms with Crippen LogP contribution in [0.1, 0.15) is 17.4 Å². The van der Waals surface area contributed by atoms with Crippen LogP contribution in [0.2, 0.25) is 0 Å². The number of nitriles is 2. The van der Waals surface area contributed by atoms with Gasteiger partial charge in [-0.1, -0.05) is 60.7 Å². The Bertz CT molecular complexity index is 1950. The molecule has 0 fully saturated rings. The Morgan fingerprint density at radius 1 is 0.868 bits per heavy atom. The van der Waals surface area contributed by atoms with Crippen molar-refractivity contribution in [2.75, 3.05) is 0 Å². The Labute approximate surface area is 220 Å². The molecule has 3 aromatic heterocycles. The Balaban J connectivity index is 1.49. The van der Waals surface area contributed by atoms with Crippen molar-refractivity contribution in [1.82, 2.24) is 4.57 Å². The van der Waals surface area contributed by atoms with Gasteiger partial charge in [0, 0.05) is 17.2 Å². The number of furan rings is 2. The van der Waals surface area contributed by atoms with Crippen molar-refractivity contribution in [1.29, 1.82) is 15.9 Å². The van der Waals surface area contributed by atoms with Gasteiger partial charge in [0.15, 0.2) is 0 Å². The third-order valence-electron chi connectivity index (χ3n) is 6.44. The summed E-state index contributed by atoms with van der Waals surface area (Å²) in [6.45, 7) is 0. The topological polar surface area (TPSA) is 120 Å². The van der Waals surface area contributed by atoms with Crippen molar-refractivity contribution in [3.63, 3.8) is 0 Å². The van der Waals surface area contributed by atoms with Crippen LogP contribution in [0.3, 0.4) is 0 Å². The zero-order valence-electron chi connectivity index (χ0n) is 19.8. The van der Waals surface area contributed by atoms with Gasteiger partial charge in [-0.05, 0) is 24.3 Å². The molecule has 6 rings (SSSR count). The van der Waals surface area contributed by atoms with E-state index >= 15 is 0 Å². The lowest BCUT2D eigenvalue weighted by molar-refractivity contribution is 0.487. The largest absolute Gasteiger partial charge is 0.460 e. The second-order valence-corrected chi connectivity index (χ2v) is 9.72.